The van der Waals surface area contributed by atoms with Crippen molar-refractivity contribution in [2.45, 2.75) is 31.6 Å². The van der Waals surface area contributed by atoms with Crippen LogP contribution in [0.2, 0.25) is 0 Å². The predicted molar refractivity (Wildman–Crippen MR) is 54.2 cm³/mol. The standard InChI is InChI=1S/C12H16O/c1-3-12(7-8-12)10-5-4-6-11(9-10)13-2/h4-6,9H,3,7-8H2,1-2H3. The highest BCUT2D eigenvalue weighted by atomic mass is 16.5. The highest BCUT2D eigenvalue weighted by Gasteiger charge is 2.42. The average molecular weight is 176 g/mol. The van der Waals surface area contributed by atoms with Gasteiger partial charge < -0.3 is 4.74 Å². The van der Waals surface area contributed by atoms with Gasteiger partial charge in [-0.3, -0.25) is 0 Å². The van der Waals surface area contributed by atoms with Crippen molar-refractivity contribution in [3.05, 3.63) is 29.8 Å². The lowest BCUT2D eigenvalue weighted by molar-refractivity contribution is 0.413. The van der Waals surface area contributed by atoms with Crippen LogP contribution in [0.3, 0.4) is 0 Å². The second-order valence-electron chi connectivity index (χ2n) is 3.87. The number of benzene rings is 1. The molecule has 13 heavy (non-hydrogen) atoms. The van der Waals surface area contributed by atoms with Gasteiger partial charge in [0.15, 0.2) is 0 Å². The molecule has 0 unspecified atom stereocenters. The third-order valence-corrected chi connectivity index (χ3v) is 3.21. The van der Waals surface area contributed by atoms with E-state index in [1.165, 1.54) is 24.8 Å². The van der Waals surface area contributed by atoms with Crippen molar-refractivity contribution in [1.82, 2.24) is 0 Å². The monoisotopic (exact) mass is 176 g/mol. The molecule has 0 radical (unpaired) electrons. The van der Waals surface area contributed by atoms with Gasteiger partial charge in [0.05, 0.1) is 7.11 Å². The van der Waals surface area contributed by atoms with Gasteiger partial charge in [-0.05, 0) is 42.4 Å². The predicted octanol–water partition coefficient (Wildman–Crippen LogP) is 3.14. The SMILES string of the molecule is CCC1(c2cccc(OC)c2)CC1. The highest BCUT2D eigenvalue weighted by Crippen LogP contribution is 2.51. The smallest absolute Gasteiger partial charge is 0.119 e. The Kier molecular flexibility index (Phi) is 2.03. The lowest BCUT2D eigenvalue weighted by atomic mass is 9.93. The Morgan fingerprint density at radius 2 is 2.15 bits per heavy atom. The molecule has 1 heteroatoms. The third-order valence-electron chi connectivity index (χ3n) is 3.21. The van der Waals surface area contributed by atoms with E-state index in [1.807, 2.05) is 6.07 Å². The fourth-order valence-electron chi connectivity index (χ4n) is 1.95. The summed E-state index contributed by atoms with van der Waals surface area (Å²) in [4.78, 5) is 0. The van der Waals surface area contributed by atoms with E-state index in [0.717, 1.165) is 5.75 Å². The minimum Gasteiger partial charge on any atom is -0.497 e. The average Bonchev–Trinajstić information content (AvgIpc) is 2.99. The van der Waals surface area contributed by atoms with E-state index in [1.54, 1.807) is 7.11 Å². The first-order valence-electron chi connectivity index (χ1n) is 4.95. The fraction of sp³-hybridized carbons (Fsp3) is 0.500. The van der Waals surface area contributed by atoms with Crippen molar-refractivity contribution in [1.29, 1.82) is 0 Å². The Hall–Kier alpha value is -0.980. The van der Waals surface area contributed by atoms with Crippen LogP contribution in [0.25, 0.3) is 0 Å². The van der Waals surface area contributed by atoms with Gasteiger partial charge in [0.2, 0.25) is 0 Å². The van der Waals surface area contributed by atoms with Crippen LogP contribution in [0.1, 0.15) is 31.7 Å². The van der Waals surface area contributed by atoms with Crippen LogP contribution in [-0.2, 0) is 5.41 Å². The summed E-state index contributed by atoms with van der Waals surface area (Å²) in [7, 11) is 1.73. The van der Waals surface area contributed by atoms with E-state index in [0.29, 0.717) is 5.41 Å². The molecule has 1 aromatic carbocycles. The van der Waals surface area contributed by atoms with Crippen molar-refractivity contribution in [2.75, 3.05) is 7.11 Å². The first-order valence-corrected chi connectivity index (χ1v) is 4.95. The minimum atomic E-state index is 0.495. The molecule has 0 atom stereocenters. The van der Waals surface area contributed by atoms with Crippen LogP contribution < -0.4 is 4.74 Å². The molecule has 0 aliphatic heterocycles. The zero-order chi connectivity index (χ0) is 9.31. The lowest BCUT2D eigenvalue weighted by Crippen LogP contribution is -2.03. The first kappa shape index (κ1) is 8.61. The Morgan fingerprint density at radius 1 is 1.38 bits per heavy atom. The maximum absolute atomic E-state index is 5.22. The van der Waals surface area contributed by atoms with Crippen molar-refractivity contribution >= 4 is 0 Å². The first-order chi connectivity index (χ1) is 6.30. The fourth-order valence-corrected chi connectivity index (χ4v) is 1.95. The van der Waals surface area contributed by atoms with Gasteiger partial charge in [0, 0.05) is 0 Å². The maximum atomic E-state index is 5.22. The topological polar surface area (TPSA) is 9.23 Å². The molecular weight excluding hydrogens is 160 g/mol. The molecule has 1 aliphatic carbocycles. The second-order valence-corrected chi connectivity index (χ2v) is 3.87. The summed E-state index contributed by atoms with van der Waals surface area (Å²) >= 11 is 0. The van der Waals surface area contributed by atoms with Crippen LogP contribution in [0.5, 0.6) is 5.75 Å². The highest BCUT2D eigenvalue weighted by molar-refractivity contribution is 5.37. The molecule has 0 N–H and O–H groups in total. The summed E-state index contributed by atoms with van der Waals surface area (Å²) in [6, 6.07) is 8.49. The van der Waals surface area contributed by atoms with E-state index in [9.17, 15) is 0 Å². The molecule has 1 aromatic rings. The van der Waals surface area contributed by atoms with E-state index in [2.05, 4.69) is 25.1 Å². The number of methoxy groups -OCH3 is 1. The Labute approximate surface area is 79.7 Å². The van der Waals surface area contributed by atoms with E-state index >= 15 is 0 Å². The van der Waals surface area contributed by atoms with Crippen molar-refractivity contribution in [3.63, 3.8) is 0 Å². The Balaban J connectivity index is 2.30. The van der Waals surface area contributed by atoms with Gasteiger partial charge >= 0.3 is 0 Å². The maximum Gasteiger partial charge on any atom is 0.119 e. The summed E-state index contributed by atoms with van der Waals surface area (Å²) in [5.74, 6) is 0.984. The summed E-state index contributed by atoms with van der Waals surface area (Å²) in [6.45, 7) is 2.27. The molecule has 70 valence electrons. The minimum absolute atomic E-state index is 0.495. The molecule has 0 aromatic heterocycles. The molecule has 0 saturated heterocycles. The summed E-state index contributed by atoms with van der Waals surface area (Å²) in [5.41, 5.74) is 1.95. The van der Waals surface area contributed by atoms with Crippen LogP contribution in [0.4, 0.5) is 0 Å². The molecule has 0 amide bonds. The Morgan fingerprint density at radius 3 is 2.69 bits per heavy atom. The number of rotatable bonds is 3. The molecule has 1 nitrogen and oxygen atoms in total. The van der Waals surface area contributed by atoms with Crippen molar-refractivity contribution < 1.29 is 4.74 Å². The summed E-state index contributed by atoms with van der Waals surface area (Å²) in [6.07, 6.45) is 3.94. The van der Waals surface area contributed by atoms with Crippen LogP contribution in [0.15, 0.2) is 24.3 Å². The zero-order valence-corrected chi connectivity index (χ0v) is 8.34. The molecule has 1 aliphatic rings. The van der Waals surface area contributed by atoms with Gasteiger partial charge in [0.1, 0.15) is 5.75 Å². The molecule has 1 saturated carbocycles. The lowest BCUT2D eigenvalue weighted by Gasteiger charge is -2.13. The molecular formula is C12H16O. The number of hydrogen-bond donors (Lipinski definition) is 0. The van der Waals surface area contributed by atoms with E-state index < -0.39 is 0 Å². The van der Waals surface area contributed by atoms with Gasteiger partial charge in [-0.2, -0.15) is 0 Å². The molecule has 1 fully saturated rings. The normalized spacial score (nSPS) is 18.3. The second kappa shape index (κ2) is 3.06. The van der Waals surface area contributed by atoms with Gasteiger partial charge in [-0.25, -0.2) is 0 Å². The van der Waals surface area contributed by atoms with E-state index in [-0.39, 0.29) is 0 Å². The molecule has 2 rings (SSSR count). The van der Waals surface area contributed by atoms with Crippen molar-refractivity contribution in [3.8, 4) is 5.75 Å². The third kappa shape index (κ3) is 1.43. The molecule has 0 heterocycles. The van der Waals surface area contributed by atoms with Crippen molar-refractivity contribution in [2.24, 2.45) is 0 Å². The Bertz CT molecular complexity index is 300. The van der Waals surface area contributed by atoms with E-state index in [4.69, 9.17) is 4.74 Å². The van der Waals surface area contributed by atoms with Crippen LogP contribution >= 0.6 is 0 Å². The summed E-state index contributed by atoms with van der Waals surface area (Å²) in [5, 5.41) is 0. The largest absolute Gasteiger partial charge is 0.497 e. The molecule has 0 bridgehead atoms. The summed E-state index contributed by atoms with van der Waals surface area (Å²) < 4.78 is 5.22. The van der Waals surface area contributed by atoms with Gasteiger partial charge in [-0.1, -0.05) is 19.1 Å². The van der Waals surface area contributed by atoms with Crippen LogP contribution in [0, 0.1) is 0 Å². The van der Waals surface area contributed by atoms with Gasteiger partial charge in [0.25, 0.3) is 0 Å². The number of hydrogen-bond acceptors (Lipinski definition) is 1. The quantitative estimate of drug-likeness (QED) is 0.687. The number of ether oxygens (including phenoxy) is 1. The zero-order valence-electron chi connectivity index (χ0n) is 8.34. The van der Waals surface area contributed by atoms with Gasteiger partial charge in [-0.15, -0.1) is 0 Å². The molecule has 0 spiro atoms. The van der Waals surface area contributed by atoms with Crippen LogP contribution in [-0.4, -0.2) is 7.11 Å².